The number of nitrogens with one attached hydrogen (secondary N) is 1. The predicted octanol–water partition coefficient (Wildman–Crippen LogP) is 0.455. The molecule has 0 aromatic rings. The van der Waals surface area contributed by atoms with Crippen molar-refractivity contribution in [2.45, 2.75) is 32.4 Å². The number of amides is 3. The Bertz CT molecular complexity index is 405. The van der Waals surface area contributed by atoms with Crippen LogP contribution < -0.4 is 5.32 Å². The number of hydrogen-bond donors (Lipinski definition) is 2. The summed E-state index contributed by atoms with van der Waals surface area (Å²) >= 11 is 1.64. The van der Waals surface area contributed by atoms with Crippen LogP contribution in [0, 0.1) is 0 Å². The maximum Gasteiger partial charge on any atom is 0.318 e. The van der Waals surface area contributed by atoms with E-state index in [9.17, 15) is 14.4 Å². The lowest BCUT2D eigenvalue weighted by Crippen LogP contribution is -2.55. The third kappa shape index (κ3) is 5.11. The minimum atomic E-state index is -0.921. The third-order valence-corrected chi connectivity index (χ3v) is 4.55. The summed E-state index contributed by atoms with van der Waals surface area (Å²) in [7, 11) is 1.68. The number of nitrogens with zero attached hydrogens (tertiary/aromatic N) is 2. The number of carboxylic acid groups (broad SMARTS) is 1. The van der Waals surface area contributed by atoms with Crippen LogP contribution in [-0.4, -0.2) is 76.5 Å². The van der Waals surface area contributed by atoms with Crippen LogP contribution in [0.25, 0.3) is 0 Å². The molecule has 120 valence electrons. The Labute approximate surface area is 129 Å². The molecule has 3 amide bonds. The average molecular weight is 317 g/mol. The van der Waals surface area contributed by atoms with Gasteiger partial charge in [0.05, 0.1) is 12.5 Å². The predicted molar refractivity (Wildman–Crippen MR) is 81.4 cm³/mol. The molecule has 1 aliphatic heterocycles. The maximum absolute atomic E-state index is 12.3. The van der Waals surface area contributed by atoms with Crippen molar-refractivity contribution < 1.29 is 19.5 Å². The first-order valence-corrected chi connectivity index (χ1v) is 8.13. The van der Waals surface area contributed by atoms with Gasteiger partial charge in [-0.2, -0.15) is 11.8 Å². The van der Waals surface area contributed by atoms with Crippen molar-refractivity contribution in [1.29, 1.82) is 0 Å². The fourth-order valence-corrected chi connectivity index (χ4v) is 3.17. The molecule has 0 bridgehead atoms. The lowest BCUT2D eigenvalue weighted by molar-refractivity contribution is -0.138. The summed E-state index contributed by atoms with van der Waals surface area (Å²) in [6.07, 6.45) is -0.0718. The summed E-state index contributed by atoms with van der Waals surface area (Å²) in [5, 5.41) is 11.6. The van der Waals surface area contributed by atoms with Crippen molar-refractivity contribution in [3.8, 4) is 0 Å². The Balaban J connectivity index is 2.63. The number of carbonyl (C=O) groups excluding carboxylic acids is 2. The number of thioether (sulfide) groups is 1. The van der Waals surface area contributed by atoms with E-state index in [-0.39, 0.29) is 24.4 Å². The zero-order chi connectivity index (χ0) is 16.0. The van der Waals surface area contributed by atoms with Crippen LogP contribution >= 0.6 is 11.8 Å². The first kappa shape index (κ1) is 17.6. The molecule has 1 rings (SSSR count). The van der Waals surface area contributed by atoms with Gasteiger partial charge >= 0.3 is 12.0 Å². The number of carbonyl (C=O) groups is 3. The SMILES string of the molecule is CCN(C)C(=O)C(C)NC(=O)N1CCSCC1CC(=O)O. The summed E-state index contributed by atoms with van der Waals surface area (Å²) in [5.74, 6) is 0.305. The molecule has 0 saturated carbocycles. The van der Waals surface area contributed by atoms with E-state index in [1.54, 1.807) is 25.7 Å². The highest BCUT2D eigenvalue weighted by Gasteiger charge is 2.30. The van der Waals surface area contributed by atoms with Gasteiger partial charge in [-0.3, -0.25) is 9.59 Å². The number of hydrogen-bond acceptors (Lipinski definition) is 4. The monoisotopic (exact) mass is 317 g/mol. The molecule has 0 aromatic heterocycles. The first-order valence-electron chi connectivity index (χ1n) is 6.98. The number of urea groups is 1. The summed E-state index contributed by atoms with van der Waals surface area (Å²) in [6, 6.07) is -1.32. The lowest BCUT2D eigenvalue weighted by Gasteiger charge is -2.35. The van der Waals surface area contributed by atoms with Crippen molar-refractivity contribution in [3.05, 3.63) is 0 Å². The van der Waals surface area contributed by atoms with E-state index in [1.165, 1.54) is 9.80 Å². The average Bonchev–Trinajstić information content (AvgIpc) is 2.45. The standard InChI is InChI=1S/C13H23N3O4S/c1-4-15(3)12(19)9(2)14-13(20)16-5-6-21-8-10(16)7-11(17)18/h9-10H,4-8H2,1-3H3,(H,14,20)(H,17,18). The Kier molecular flexibility index (Phi) is 6.80. The second kappa shape index (κ2) is 8.11. The summed E-state index contributed by atoms with van der Waals surface area (Å²) in [5.41, 5.74) is 0. The lowest BCUT2D eigenvalue weighted by atomic mass is 10.2. The number of aliphatic carboxylic acids is 1. The second-order valence-electron chi connectivity index (χ2n) is 5.04. The van der Waals surface area contributed by atoms with Crippen LogP contribution in [0.15, 0.2) is 0 Å². The van der Waals surface area contributed by atoms with Crippen LogP contribution in [0.1, 0.15) is 20.3 Å². The van der Waals surface area contributed by atoms with E-state index in [0.717, 1.165) is 5.75 Å². The molecule has 1 heterocycles. The fraction of sp³-hybridized carbons (Fsp3) is 0.769. The third-order valence-electron chi connectivity index (χ3n) is 3.46. The maximum atomic E-state index is 12.3. The molecule has 2 unspecified atom stereocenters. The van der Waals surface area contributed by atoms with Crippen LogP contribution in [-0.2, 0) is 9.59 Å². The van der Waals surface area contributed by atoms with Gasteiger partial charge in [0.25, 0.3) is 0 Å². The van der Waals surface area contributed by atoms with Gasteiger partial charge in [-0.25, -0.2) is 4.79 Å². The normalized spacial score (nSPS) is 19.8. The van der Waals surface area contributed by atoms with Gasteiger partial charge in [0.2, 0.25) is 5.91 Å². The van der Waals surface area contributed by atoms with Crippen LogP contribution in [0.4, 0.5) is 4.79 Å². The molecule has 0 aromatic carbocycles. The van der Waals surface area contributed by atoms with Gasteiger partial charge in [-0.1, -0.05) is 0 Å². The van der Waals surface area contributed by atoms with Gasteiger partial charge in [-0.05, 0) is 13.8 Å². The Morgan fingerprint density at radius 3 is 2.71 bits per heavy atom. The molecule has 2 atom stereocenters. The number of rotatable bonds is 5. The molecule has 1 fully saturated rings. The summed E-state index contributed by atoms with van der Waals surface area (Å²) in [6.45, 7) is 4.56. The van der Waals surface area contributed by atoms with Gasteiger partial charge in [-0.15, -0.1) is 0 Å². The molecule has 0 radical (unpaired) electrons. The minimum absolute atomic E-state index is 0.0718. The van der Waals surface area contributed by atoms with E-state index >= 15 is 0 Å². The molecule has 8 heteroatoms. The molecule has 21 heavy (non-hydrogen) atoms. The van der Waals surface area contributed by atoms with Gasteiger partial charge in [0.1, 0.15) is 6.04 Å². The second-order valence-corrected chi connectivity index (χ2v) is 6.19. The Morgan fingerprint density at radius 1 is 1.48 bits per heavy atom. The van der Waals surface area contributed by atoms with Crippen molar-refractivity contribution in [2.75, 3.05) is 31.6 Å². The Hall–Kier alpha value is -1.44. The van der Waals surface area contributed by atoms with Crippen molar-refractivity contribution in [3.63, 3.8) is 0 Å². The number of likely N-dealkylation sites (N-methyl/N-ethyl adjacent to an activating group) is 1. The van der Waals surface area contributed by atoms with Crippen LogP contribution in [0.5, 0.6) is 0 Å². The van der Waals surface area contributed by atoms with Gasteiger partial charge in [0, 0.05) is 31.6 Å². The van der Waals surface area contributed by atoms with Crippen molar-refractivity contribution in [2.24, 2.45) is 0 Å². The molecular weight excluding hydrogens is 294 g/mol. The largest absolute Gasteiger partial charge is 0.481 e. The van der Waals surface area contributed by atoms with E-state index in [0.29, 0.717) is 18.8 Å². The Morgan fingerprint density at radius 2 is 2.14 bits per heavy atom. The molecule has 0 aliphatic carbocycles. The fourth-order valence-electron chi connectivity index (χ4n) is 2.11. The van der Waals surface area contributed by atoms with Crippen molar-refractivity contribution >= 4 is 29.7 Å². The van der Waals surface area contributed by atoms with E-state index in [4.69, 9.17) is 5.11 Å². The van der Waals surface area contributed by atoms with E-state index < -0.39 is 12.0 Å². The highest BCUT2D eigenvalue weighted by Crippen LogP contribution is 2.19. The van der Waals surface area contributed by atoms with Gasteiger partial charge < -0.3 is 20.2 Å². The number of carboxylic acids is 1. The molecular formula is C13H23N3O4S. The zero-order valence-electron chi connectivity index (χ0n) is 12.7. The first-order chi connectivity index (χ1) is 9.86. The molecule has 7 nitrogen and oxygen atoms in total. The van der Waals surface area contributed by atoms with Crippen LogP contribution in [0.3, 0.4) is 0 Å². The molecule has 2 N–H and O–H groups in total. The van der Waals surface area contributed by atoms with Crippen LogP contribution in [0.2, 0.25) is 0 Å². The smallest absolute Gasteiger partial charge is 0.318 e. The summed E-state index contributed by atoms with van der Waals surface area (Å²) in [4.78, 5) is 38.1. The van der Waals surface area contributed by atoms with Crippen molar-refractivity contribution in [1.82, 2.24) is 15.1 Å². The van der Waals surface area contributed by atoms with Gasteiger partial charge in [0.15, 0.2) is 0 Å². The zero-order valence-corrected chi connectivity index (χ0v) is 13.5. The minimum Gasteiger partial charge on any atom is -0.481 e. The molecule has 0 spiro atoms. The van der Waals surface area contributed by atoms with E-state index in [2.05, 4.69) is 5.32 Å². The quantitative estimate of drug-likeness (QED) is 0.768. The molecule has 1 saturated heterocycles. The van der Waals surface area contributed by atoms with E-state index in [1.807, 2.05) is 6.92 Å². The summed E-state index contributed by atoms with van der Waals surface area (Å²) < 4.78 is 0. The topological polar surface area (TPSA) is 90.0 Å². The highest BCUT2D eigenvalue weighted by molar-refractivity contribution is 7.99. The molecule has 1 aliphatic rings. The highest BCUT2D eigenvalue weighted by atomic mass is 32.2.